The van der Waals surface area contributed by atoms with Crippen LogP contribution in [0.25, 0.3) is 0 Å². The van der Waals surface area contributed by atoms with Crippen LogP contribution in [0.1, 0.15) is 19.8 Å². The van der Waals surface area contributed by atoms with Crippen molar-refractivity contribution in [1.82, 2.24) is 9.62 Å². The van der Waals surface area contributed by atoms with Crippen molar-refractivity contribution in [2.24, 2.45) is 5.92 Å². The number of nitro groups is 1. The van der Waals surface area contributed by atoms with Gasteiger partial charge in [0.1, 0.15) is 4.90 Å². The molecular weight excluding hydrogens is 342 g/mol. The molecule has 1 heterocycles. The lowest BCUT2D eigenvalue weighted by molar-refractivity contribution is -0.384. The average Bonchev–Trinajstić information content (AvgIpc) is 2.52. The number of rotatable bonds is 6. The number of piperidine rings is 1. The van der Waals surface area contributed by atoms with Crippen molar-refractivity contribution in [3.63, 3.8) is 0 Å². The molecule has 0 aromatic heterocycles. The van der Waals surface area contributed by atoms with E-state index in [-0.39, 0.29) is 15.6 Å². The summed E-state index contributed by atoms with van der Waals surface area (Å²) in [4.78, 5) is 10.0. The van der Waals surface area contributed by atoms with Crippen LogP contribution in [0.15, 0.2) is 23.1 Å². The Balaban J connectivity index is 2.12. The van der Waals surface area contributed by atoms with Gasteiger partial charge in [0.2, 0.25) is 10.0 Å². The highest BCUT2D eigenvalue weighted by Gasteiger charge is 2.31. The predicted octanol–water partition coefficient (Wildman–Crippen LogP) is 2.26. The second-order valence-corrected chi connectivity index (χ2v) is 7.84. The minimum absolute atomic E-state index is 0.0742. The lowest BCUT2D eigenvalue weighted by Gasteiger charge is -2.31. The normalized spacial score (nSPS) is 17.3. The zero-order chi connectivity index (χ0) is 17.0. The molecule has 0 amide bonds. The van der Waals surface area contributed by atoms with E-state index in [9.17, 15) is 18.5 Å². The summed E-state index contributed by atoms with van der Waals surface area (Å²) < 4.78 is 26.7. The van der Waals surface area contributed by atoms with Gasteiger partial charge in [-0.2, -0.15) is 4.31 Å². The fourth-order valence-corrected chi connectivity index (χ4v) is 4.64. The molecule has 1 aromatic rings. The lowest BCUT2D eigenvalue weighted by Crippen LogP contribution is -2.40. The molecule has 23 heavy (non-hydrogen) atoms. The SMILES string of the molecule is CCNCC1CCN(S(=O)(=O)c2ccc([N+](=O)[O-])cc2Cl)CC1. The summed E-state index contributed by atoms with van der Waals surface area (Å²) in [5, 5.41) is 13.9. The van der Waals surface area contributed by atoms with E-state index < -0.39 is 14.9 Å². The number of sulfonamides is 1. The van der Waals surface area contributed by atoms with Gasteiger partial charge in [0.15, 0.2) is 0 Å². The van der Waals surface area contributed by atoms with Gasteiger partial charge in [-0.05, 0) is 37.9 Å². The van der Waals surface area contributed by atoms with E-state index in [0.29, 0.717) is 19.0 Å². The molecule has 7 nitrogen and oxygen atoms in total. The van der Waals surface area contributed by atoms with Gasteiger partial charge >= 0.3 is 0 Å². The van der Waals surface area contributed by atoms with Crippen molar-refractivity contribution in [3.8, 4) is 0 Å². The molecule has 9 heteroatoms. The quantitative estimate of drug-likeness (QED) is 0.619. The van der Waals surface area contributed by atoms with Crippen molar-refractivity contribution in [2.75, 3.05) is 26.2 Å². The Morgan fingerprint density at radius 2 is 2.04 bits per heavy atom. The highest BCUT2D eigenvalue weighted by Crippen LogP contribution is 2.30. The largest absolute Gasteiger partial charge is 0.317 e. The van der Waals surface area contributed by atoms with Crippen LogP contribution in [-0.2, 0) is 10.0 Å². The molecule has 128 valence electrons. The highest BCUT2D eigenvalue weighted by atomic mass is 35.5. The van der Waals surface area contributed by atoms with Crippen molar-refractivity contribution >= 4 is 27.3 Å². The number of non-ortho nitro benzene ring substituents is 1. The summed E-state index contributed by atoms with van der Waals surface area (Å²) in [7, 11) is -3.72. The number of nitro benzene ring substituents is 1. The maximum absolute atomic E-state index is 12.7. The van der Waals surface area contributed by atoms with Crippen LogP contribution in [0.5, 0.6) is 0 Å². The minimum atomic E-state index is -3.72. The Morgan fingerprint density at radius 1 is 1.39 bits per heavy atom. The first-order chi connectivity index (χ1) is 10.9. The Bertz CT molecular complexity index is 673. The standard InChI is InChI=1S/C14H20ClN3O4S/c1-2-16-10-11-5-7-17(8-6-11)23(21,22)14-4-3-12(18(19)20)9-13(14)15/h3-4,9,11,16H,2,5-8,10H2,1H3. The van der Waals surface area contributed by atoms with E-state index in [1.54, 1.807) is 0 Å². The molecule has 0 radical (unpaired) electrons. The maximum Gasteiger partial charge on any atom is 0.271 e. The summed E-state index contributed by atoms with van der Waals surface area (Å²) in [5.74, 6) is 0.466. The Hall–Kier alpha value is -1.22. The van der Waals surface area contributed by atoms with Crippen LogP contribution < -0.4 is 5.32 Å². The molecule has 1 aliphatic heterocycles. The number of halogens is 1. The molecule has 0 unspecified atom stereocenters. The molecule has 0 bridgehead atoms. The fraction of sp³-hybridized carbons (Fsp3) is 0.571. The number of nitrogens with one attached hydrogen (secondary N) is 1. The predicted molar refractivity (Wildman–Crippen MR) is 88.1 cm³/mol. The molecule has 1 fully saturated rings. The molecule has 1 aromatic carbocycles. The zero-order valence-electron chi connectivity index (χ0n) is 12.9. The Labute approximate surface area is 140 Å². The van der Waals surface area contributed by atoms with E-state index in [1.807, 2.05) is 6.92 Å². The van der Waals surface area contributed by atoms with Gasteiger partial charge in [0, 0.05) is 25.2 Å². The molecule has 0 atom stereocenters. The molecule has 0 aliphatic carbocycles. The smallest absolute Gasteiger partial charge is 0.271 e. The zero-order valence-corrected chi connectivity index (χ0v) is 14.4. The molecule has 0 spiro atoms. The first-order valence-corrected chi connectivity index (χ1v) is 9.33. The van der Waals surface area contributed by atoms with E-state index in [1.165, 1.54) is 10.4 Å². The molecule has 1 N–H and O–H groups in total. The topological polar surface area (TPSA) is 92.6 Å². The monoisotopic (exact) mass is 361 g/mol. The Kier molecular flexibility index (Phi) is 5.96. The number of hydrogen-bond acceptors (Lipinski definition) is 5. The van der Waals surface area contributed by atoms with Gasteiger partial charge in [-0.1, -0.05) is 18.5 Å². The highest BCUT2D eigenvalue weighted by molar-refractivity contribution is 7.89. The van der Waals surface area contributed by atoms with Gasteiger partial charge in [-0.25, -0.2) is 8.42 Å². The minimum Gasteiger partial charge on any atom is -0.317 e. The first-order valence-electron chi connectivity index (χ1n) is 7.51. The van der Waals surface area contributed by atoms with Gasteiger partial charge < -0.3 is 5.32 Å². The summed E-state index contributed by atoms with van der Waals surface area (Å²) in [6, 6.07) is 3.45. The van der Waals surface area contributed by atoms with Gasteiger partial charge in [-0.3, -0.25) is 10.1 Å². The van der Waals surface area contributed by atoms with Crippen LogP contribution in [0, 0.1) is 16.0 Å². The number of nitrogens with zero attached hydrogens (tertiary/aromatic N) is 2. The molecule has 1 aliphatic rings. The summed E-state index contributed by atoms with van der Waals surface area (Å²) in [5.41, 5.74) is -0.224. The van der Waals surface area contributed by atoms with Crippen molar-refractivity contribution in [3.05, 3.63) is 33.3 Å². The molecule has 2 rings (SSSR count). The lowest BCUT2D eigenvalue weighted by atomic mass is 9.98. The van der Waals surface area contributed by atoms with E-state index in [4.69, 9.17) is 11.6 Å². The summed E-state index contributed by atoms with van der Waals surface area (Å²) >= 11 is 5.95. The van der Waals surface area contributed by atoms with Gasteiger partial charge in [0.05, 0.1) is 9.95 Å². The first kappa shape index (κ1) is 18.1. The maximum atomic E-state index is 12.7. The van der Waals surface area contributed by atoms with Crippen LogP contribution in [0.2, 0.25) is 5.02 Å². The van der Waals surface area contributed by atoms with Gasteiger partial charge in [-0.15, -0.1) is 0 Å². The van der Waals surface area contributed by atoms with Crippen LogP contribution >= 0.6 is 11.6 Å². The van der Waals surface area contributed by atoms with Crippen molar-refractivity contribution in [2.45, 2.75) is 24.7 Å². The van der Waals surface area contributed by atoms with E-state index in [0.717, 1.165) is 38.1 Å². The molecular formula is C14H20ClN3O4S. The summed E-state index contributed by atoms with van der Waals surface area (Å²) in [6.07, 6.45) is 1.58. The van der Waals surface area contributed by atoms with Gasteiger partial charge in [0.25, 0.3) is 5.69 Å². The van der Waals surface area contributed by atoms with Crippen LogP contribution in [0.4, 0.5) is 5.69 Å². The third-order valence-corrected chi connectivity index (χ3v) is 6.38. The van der Waals surface area contributed by atoms with Crippen molar-refractivity contribution in [1.29, 1.82) is 0 Å². The number of benzene rings is 1. The van der Waals surface area contributed by atoms with Crippen molar-refractivity contribution < 1.29 is 13.3 Å². The molecule has 1 saturated heterocycles. The Morgan fingerprint density at radius 3 is 2.57 bits per heavy atom. The summed E-state index contributed by atoms with van der Waals surface area (Å²) in [6.45, 7) is 4.70. The van der Waals surface area contributed by atoms with E-state index >= 15 is 0 Å². The second kappa shape index (κ2) is 7.57. The number of hydrogen-bond donors (Lipinski definition) is 1. The molecule has 0 saturated carbocycles. The van der Waals surface area contributed by atoms with E-state index in [2.05, 4.69) is 5.32 Å². The van der Waals surface area contributed by atoms with Crippen LogP contribution in [0.3, 0.4) is 0 Å². The third-order valence-electron chi connectivity index (χ3n) is 4.00. The third kappa shape index (κ3) is 4.20. The second-order valence-electron chi connectivity index (χ2n) is 5.53. The van der Waals surface area contributed by atoms with Crippen LogP contribution in [-0.4, -0.2) is 43.8 Å². The fourth-order valence-electron chi connectivity index (χ4n) is 2.65. The average molecular weight is 362 g/mol.